The van der Waals surface area contributed by atoms with Crippen molar-refractivity contribution in [2.75, 3.05) is 19.7 Å². The zero-order chi connectivity index (χ0) is 17.8. The predicted molar refractivity (Wildman–Crippen MR) is 99.0 cm³/mol. The summed E-state index contributed by atoms with van der Waals surface area (Å²) < 4.78 is 6.92. The summed E-state index contributed by atoms with van der Waals surface area (Å²) in [5.41, 5.74) is 1.06. The molecule has 0 bridgehead atoms. The second-order valence-electron chi connectivity index (χ2n) is 6.87. The molecule has 1 heterocycles. The highest BCUT2D eigenvalue weighted by atomic mass is 79.9. The van der Waals surface area contributed by atoms with Crippen molar-refractivity contribution in [2.45, 2.75) is 44.8 Å². The van der Waals surface area contributed by atoms with Crippen molar-refractivity contribution in [1.29, 1.82) is 0 Å². The van der Waals surface area contributed by atoms with Gasteiger partial charge in [0.15, 0.2) is 0 Å². The number of morpholine rings is 1. The summed E-state index contributed by atoms with van der Waals surface area (Å²) in [5, 5.41) is 2.83. The van der Waals surface area contributed by atoms with E-state index in [-0.39, 0.29) is 36.4 Å². The fourth-order valence-corrected chi connectivity index (χ4v) is 4.02. The molecule has 1 aliphatic heterocycles. The van der Waals surface area contributed by atoms with Gasteiger partial charge in [-0.1, -0.05) is 40.9 Å². The number of rotatable bonds is 4. The Hall–Kier alpha value is -1.40. The van der Waals surface area contributed by atoms with Crippen LogP contribution in [0.15, 0.2) is 28.7 Å². The SMILES string of the molecule is C[C@H]1[C@@H](c2ccc(Br)cc2)OCCN1C(=O)CNC(=O)C1CCCC1. The molecular weight excluding hydrogens is 384 g/mol. The van der Waals surface area contributed by atoms with E-state index >= 15 is 0 Å². The Morgan fingerprint density at radius 3 is 2.60 bits per heavy atom. The molecule has 1 aromatic carbocycles. The molecule has 1 N–H and O–H groups in total. The van der Waals surface area contributed by atoms with Crippen LogP contribution in [0, 0.1) is 5.92 Å². The summed E-state index contributed by atoms with van der Waals surface area (Å²) in [6.45, 7) is 3.15. The standard InChI is InChI=1S/C19H25BrN2O3/c1-13-18(14-6-8-16(20)9-7-14)25-11-10-22(13)17(23)12-21-19(24)15-4-2-3-5-15/h6-9,13,15,18H,2-5,10-12H2,1H3,(H,21,24)/t13-,18-/m0/s1. The minimum atomic E-state index is -0.142. The second kappa shape index (κ2) is 8.32. The van der Waals surface area contributed by atoms with Gasteiger partial charge in [0.2, 0.25) is 11.8 Å². The molecule has 25 heavy (non-hydrogen) atoms. The summed E-state index contributed by atoms with van der Waals surface area (Å²) in [6.07, 6.45) is 3.97. The third kappa shape index (κ3) is 4.42. The van der Waals surface area contributed by atoms with Gasteiger partial charge in [0.1, 0.15) is 6.10 Å². The van der Waals surface area contributed by atoms with E-state index < -0.39 is 0 Å². The normalized spacial score (nSPS) is 24.3. The van der Waals surface area contributed by atoms with Crippen molar-refractivity contribution >= 4 is 27.7 Å². The first-order valence-corrected chi connectivity index (χ1v) is 9.80. The van der Waals surface area contributed by atoms with Crippen LogP contribution >= 0.6 is 15.9 Å². The maximum Gasteiger partial charge on any atom is 0.242 e. The summed E-state index contributed by atoms with van der Waals surface area (Å²) in [6, 6.07) is 7.93. The number of benzene rings is 1. The molecule has 1 aromatic rings. The molecule has 6 heteroatoms. The first kappa shape index (κ1) is 18.4. The minimum Gasteiger partial charge on any atom is -0.370 e. The van der Waals surface area contributed by atoms with Crippen LogP contribution in [0.1, 0.15) is 44.3 Å². The number of nitrogens with zero attached hydrogens (tertiary/aromatic N) is 1. The lowest BCUT2D eigenvalue weighted by Gasteiger charge is -2.39. The number of carbonyl (C=O) groups excluding carboxylic acids is 2. The number of hydrogen-bond acceptors (Lipinski definition) is 3. The average molecular weight is 409 g/mol. The molecule has 2 aliphatic rings. The van der Waals surface area contributed by atoms with Gasteiger partial charge in [0.25, 0.3) is 0 Å². The Kier molecular flexibility index (Phi) is 6.12. The Morgan fingerprint density at radius 1 is 1.24 bits per heavy atom. The molecule has 2 amide bonds. The van der Waals surface area contributed by atoms with Gasteiger partial charge in [-0.15, -0.1) is 0 Å². The van der Waals surface area contributed by atoms with Crippen LogP contribution in [-0.4, -0.2) is 42.5 Å². The van der Waals surface area contributed by atoms with Crippen LogP contribution in [0.5, 0.6) is 0 Å². The molecule has 0 spiro atoms. The number of amides is 2. The third-order valence-electron chi connectivity index (χ3n) is 5.22. The molecular formula is C19H25BrN2O3. The molecule has 1 aliphatic carbocycles. The van der Waals surface area contributed by atoms with Crippen LogP contribution in [0.25, 0.3) is 0 Å². The number of carbonyl (C=O) groups is 2. The number of hydrogen-bond donors (Lipinski definition) is 1. The molecule has 2 atom stereocenters. The summed E-state index contributed by atoms with van der Waals surface area (Å²) in [5.74, 6) is 0.0749. The monoisotopic (exact) mass is 408 g/mol. The van der Waals surface area contributed by atoms with Crippen molar-refractivity contribution in [3.8, 4) is 0 Å². The maximum absolute atomic E-state index is 12.6. The van der Waals surface area contributed by atoms with Crippen molar-refractivity contribution in [3.05, 3.63) is 34.3 Å². The van der Waals surface area contributed by atoms with E-state index in [1.165, 1.54) is 0 Å². The topological polar surface area (TPSA) is 58.6 Å². The highest BCUT2D eigenvalue weighted by molar-refractivity contribution is 9.10. The van der Waals surface area contributed by atoms with Crippen molar-refractivity contribution in [3.63, 3.8) is 0 Å². The second-order valence-corrected chi connectivity index (χ2v) is 7.79. The lowest BCUT2D eigenvalue weighted by Crippen LogP contribution is -2.52. The highest BCUT2D eigenvalue weighted by Crippen LogP contribution is 2.29. The van der Waals surface area contributed by atoms with Gasteiger partial charge in [0.05, 0.1) is 19.2 Å². The van der Waals surface area contributed by atoms with E-state index in [0.29, 0.717) is 13.2 Å². The quantitative estimate of drug-likeness (QED) is 0.832. The van der Waals surface area contributed by atoms with Crippen LogP contribution in [-0.2, 0) is 14.3 Å². The van der Waals surface area contributed by atoms with Crippen molar-refractivity contribution in [2.24, 2.45) is 5.92 Å². The highest BCUT2D eigenvalue weighted by Gasteiger charge is 2.33. The van der Waals surface area contributed by atoms with E-state index in [1.807, 2.05) is 36.1 Å². The molecule has 2 fully saturated rings. The van der Waals surface area contributed by atoms with E-state index in [9.17, 15) is 9.59 Å². The first-order valence-electron chi connectivity index (χ1n) is 9.00. The lowest BCUT2D eigenvalue weighted by molar-refractivity contribution is -0.146. The van der Waals surface area contributed by atoms with Gasteiger partial charge in [0, 0.05) is 16.9 Å². The smallest absolute Gasteiger partial charge is 0.242 e. The fraction of sp³-hybridized carbons (Fsp3) is 0.579. The van der Waals surface area contributed by atoms with E-state index in [2.05, 4.69) is 21.2 Å². The first-order chi connectivity index (χ1) is 12.1. The molecule has 1 saturated carbocycles. The Bertz CT molecular complexity index is 614. The molecule has 0 unspecified atom stereocenters. The predicted octanol–water partition coefficient (Wildman–Crippen LogP) is 3.04. The van der Waals surface area contributed by atoms with Gasteiger partial charge < -0.3 is 15.0 Å². The van der Waals surface area contributed by atoms with E-state index in [1.54, 1.807) is 0 Å². The molecule has 0 radical (unpaired) electrons. The van der Waals surface area contributed by atoms with Crippen LogP contribution in [0.2, 0.25) is 0 Å². The van der Waals surface area contributed by atoms with Crippen molar-refractivity contribution < 1.29 is 14.3 Å². The fourth-order valence-electron chi connectivity index (χ4n) is 3.76. The van der Waals surface area contributed by atoms with Gasteiger partial charge in [-0.05, 0) is 37.5 Å². The molecule has 3 rings (SSSR count). The average Bonchev–Trinajstić information content (AvgIpc) is 3.15. The summed E-state index contributed by atoms with van der Waals surface area (Å²) in [7, 11) is 0. The van der Waals surface area contributed by atoms with Gasteiger partial charge in [-0.25, -0.2) is 0 Å². The van der Waals surface area contributed by atoms with Crippen molar-refractivity contribution in [1.82, 2.24) is 10.2 Å². The zero-order valence-electron chi connectivity index (χ0n) is 14.5. The number of nitrogens with one attached hydrogen (secondary N) is 1. The number of ether oxygens (including phenoxy) is 1. The molecule has 1 saturated heterocycles. The largest absolute Gasteiger partial charge is 0.370 e. The Morgan fingerprint density at radius 2 is 1.92 bits per heavy atom. The maximum atomic E-state index is 12.6. The number of halogens is 1. The third-order valence-corrected chi connectivity index (χ3v) is 5.75. The van der Waals surface area contributed by atoms with Gasteiger partial charge in [-0.2, -0.15) is 0 Å². The molecule has 5 nitrogen and oxygen atoms in total. The molecule has 0 aromatic heterocycles. The summed E-state index contributed by atoms with van der Waals surface area (Å²) >= 11 is 3.44. The lowest BCUT2D eigenvalue weighted by atomic mass is 10.0. The Balaban J connectivity index is 1.58. The van der Waals surface area contributed by atoms with Crippen LogP contribution < -0.4 is 5.32 Å². The van der Waals surface area contributed by atoms with Crippen LogP contribution in [0.4, 0.5) is 0 Å². The summed E-state index contributed by atoms with van der Waals surface area (Å²) in [4.78, 5) is 26.6. The van der Waals surface area contributed by atoms with Crippen LogP contribution in [0.3, 0.4) is 0 Å². The van der Waals surface area contributed by atoms with Gasteiger partial charge >= 0.3 is 0 Å². The minimum absolute atomic E-state index is 0.0243. The van der Waals surface area contributed by atoms with Gasteiger partial charge in [-0.3, -0.25) is 9.59 Å². The Labute approximate surface area is 157 Å². The van der Waals surface area contributed by atoms with E-state index in [4.69, 9.17) is 4.74 Å². The van der Waals surface area contributed by atoms with E-state index in [0.717, 1.165) is 35.7 Å². The zero-order valence-corrected chi connectivity index (χ0v) is 16.1. The molecule has 136 valence electrons.